The first-order chi connectivity index (χ1) is 16.2. The lowest BCUT2D eigenvalue weighted by Crippen LogP contribution is -2.45. The smallest absolute Gasteiger partial charge is 0.247 e. The van der Waals surface area contributed by atoms with Crippen molar-refractivity contribution in [2.45, 2.75) is 38.9 Å². The fourth-order valence-electron chi connectivity index (χ4n) is 3.77. The number of carbonyl (C=O) groups is 2. The van der Waals surface area contributed by atoms with Gasteiger partial charge in [0.25, 0.3) is 0 Å². The summed E-state index contributed by atoms with van der Waals surface area (Å²) in [6.45, 7) is 2.76. The fraction of sp³-hybridized carbons (Fsp3) is 0.280. The number of furan rings is 1. The average Bonchev–Trinajstić information content (AvgIpc) is 3.51. The molecule has 1 N–H and O–H groups in total. The van der Waals surface area contributed by atoms with Gasteiger partial charge in [0.05, 0.1) is 18.3 Å². The Morgan fingerprint density at radius 2 is 1.85 bits per heavy atom. The number of nitrogens with zero attached hydrogens (tertiary/aromatic N) is 4. The van der Waals surface area contributed by atoms with Crippen LogP contribution in [0.2, 0.25) is 0 Å². The SMILES string of the molecule is CCCCN(C(=O)Cn1nnc2ccccc21)[C@@H](C(=O)NCc1ccco1)c1ccccc1. The van der Waals surface area contributed by atoms with E-state index in [1.807, 2.05) is 54.6 Å². The summed E-state index contributed by atoms with van der Waals surface area (Å²) in [4.78, 5) is 28.6. The van der Waals surface area contributed by atoms with Crippen molar-refractivity contribution in [3.8, 4) is 0 Å². The zero-order chi connectivity index (χ0) is 23.0. The number of nitrogens with one attached hydrogen (secondary N) is 1. The summed E-state index contributed by atoms with van der Waals surface area (Å²) in [5.74, 6) is 0.197. The van der Waals surface area contributed by atoms with Gasteiger partial charge in [-0.3, -0.25) is 9.59 Å². The molecule has 8 heteroatoms. The molecule has 2 heterocycles. The second-order valence-corrected chi connectivity index (χ2v) is 7.79. The van der Waals surface area contributed by atoms with Gasteiger partial charge in [0.1, 0.15) is 23.9 Å². The van der Waals surface area contributed by atoms with E-state index in [0.29, 0.717) is 12.3 Å². The molecular weight excluding hydrogens is 418 g/mol. The van der Waals surface area contributed by atoms with Gasteiger partial charge in [0, 0.05) is 6.54 Å². The predicted octanol–water partition coefficient (Wildman–Crippen LogP) is 3.71. The summed E-state index contributed by atoms with van der Waals surface area (Å²) in [5.41, 5.74) is 2.25. The Kier molecular flexibility index (Phi) is 7.14. The van der Waals surface area contributed by atoms with E-state index in [1.54, 1.807) is 28.0 Å². The molecular formula is C25H27N5O3. The van der Waals surface area contributed by atoms with E-state index >= 15 is 0 Å². The van der Waals surface area contributed by atoms with Crippen LogP contribution >= 0.6 is 0 Å². The number of fused-ring (bicyclic) bond motifs is 1. The molecule has 0 saturated heterocycles. The molecule has 4 aromatic rings. The Morgan fingerprint density at radius 1 is 1.06 bits per heavy atom. The molecule has 33 heavy (non-hydrogen) atoms. The van der Waals surface area contributed by atoms with Crippen LogP contribution in [0.25, 0.3) is 11.0 Å². The molecule has 0 saturated carbocycles. The highest BCUT2D eigenvalue weighted by Gasteiger charge is 2.31. The van der Waals surface area contributed by atoms with Crippen molar-refractivity contribution in [2.24, 2.45) is 0 Å². The normalized spacial score (nSPS) is 11.9. The molecule has 0 aliphatic heterocycles. The minimum atomic E-state index is -0.769. The molecule has 2 aromatic carbocycles. The number of hydrogen-bond acceptors (Lipinski definition) is 5. The summed E-state index contributed by atoms with van der Waals surface area (Å²) < 4.78 is 6.92. The van der Waals surface area contributed by atoms with Crippen LogP contribution in [0, 0.1) is 0 Å². The molecule has 8 nitrogen and oxygen atoms in total. The Balaban J connectivity index is 1.61. The first-order valence-corrected chi connectivity index (χ1v) is 11.1. The van der Waals surface area contributed by atoms with Crippen molar-refractivity contribution in [1.82, 2.24) is 25.2 Å². The van der Waals surface area contributed by atoms with Gasteiger partial charge in [-0.05, 0) is 36.2 Å². The van der Waals surface area contributed by atoms with Crippen molar-refractivity contribution in [2.75, 3.05) is 6.54 Å². The van der Waals surface area contributed by atoms with Gasteiger partial charge in [-0.1, -0.05) is 61.0 Å². The molecule has 0 spiro atoms. The van der Waals surface area contributed by atoms with Gasteiger partial charge in [0.2, 0.25) is 11.8 Å². The van der Waals surface area contributed by atoms with Crippen LogP contribution in [-0.2, 0) is 22.7 Å². The lowest BCUT2D eigenvalue weighted by molar-refractivity contribution is -0.141. The summed E-state index contributed by atoms with van der Waals surface area (Å²) >= 11 is 0. The number of rotatable bonds is 10. The second-order valence-electron chi connectivity index (χ2n) is 7.79. The number of aromatic nitrogens is 3. The molecule has 0 radical (unpaired) electrons. The first kappa shape index (κ1) is 22.3. The summed E-state index contributed by atoms with van der Waals surface area (Å²) in [6, 6.07) is 19.7. The van der Waals surface area contributed by atoms with Gasteiger partial charge in [0.15, 0.2) is 0 Å². The van der Waals surface area contributed by atoms with E-state index in [-0.39, 0.29) is 24.9 Å². The van der Waals surface area contributed by atoms with Crippen molar-refractivity contribution in [3.63, 3.8) is 0 Å². The maximum absolute atomic E-state index is 13.6. The third-order valence-electron chi connectivity index (χ3n) is 5.47. The van der Waals surface area contributed by atoms with Crippen LogP contribution in [0.1, 0.15) is 37.1 Å². The van der Waals surface area contributed by atoms with Crippen molar-refractivity contribution < 1.29 is 14.0 Å². The van der Waals surface area contributed by atoms with Crippen LogP contribution in [0.4, 0.5) is 0 Å². The summed E-state index contributed by atoms with van der Waals surface area (Å²) in [6.07, 6.45) is 3.24. The van der Waals surface area contributed by atoms with Gasteiger partial charge >= 0.3 is 0 Å². The molecule has 0 fully saturated rings. The van der Waals surface area contributed by atoms with E-state index in [4.69, 9.17) is 4.42 Å². The van der Waals surface area contributed by atoms with Gasteiger partial charge < -0.3 is 14.6 Å². The minimum absolute atomic E-state index is 0.000967. The van der Waals surface area contributed by atoms with Gasteiger partial charge in [-0.2, -0.15) is 0 Å². The third-order valence-corrected chi connectivity index (χ3v) is 5.47. The lowest BCUT2D eigenvalue weighted by atomic mass is 10.0. The Bertz CT molecular complexity index is 1190. The highest BCUT2D eigenvalue weighted by Crippen LogP contribution is 2.23. The van der Waals surface area contributed by atoms with Gasteiger partial charge in [-0.15, -0.1) is 5.10 Å². The Hall–Kier alpha value is -3.94. The first-order valence-electron chi connectivity index (χ1n) is 11.1. The van der Waals surface area contributed by atoms with Gasteiger partial charge in [-0.25, -0.2) is 4.68 Å². The number of unbranched alkanes of at least 4 members (excludes halogenated alkanes) is 1. The van der Waals surface area contributed by atoms with E-state index in [2.05, 4.69) is 22.6 Å². The largest absolute Gasteiger partial charge is 0.467 e. The molecule has 2 amide bonds. The molecule has 0 bridgehead atoms. The predicted molar refractivity (Wildman–Crippen MR) is 124 cm³/mol. The van der Waals surface area contributed by atoms with Crippen LogP contribution in [0.3, 0.4) is 0 Å². The van der Waals surface area contributed by atoms with E-state index in [0.717, 1.165) is 29.4 Å². The van der Waals surface area contributed by atoms with E-state index < -0.39 is 6.04 Å². The number of amides is 2. The fourth-order valence-corrected chi connectivity index (χ4v) is 3.77. The maximum Gasteiger partial charge on any atom is 0.247 e. The Morgan fingerprint density at radius 3 is 2.61 bits per heavy atom. The summed E-state index contributed by atoms with van der Waals surface area (Å²) in [5, 5.41) is 11.2. The highest BCUT2D eigenvalue weighted by atomic mass is 16.3. The maximum atomic E-state index is 13.6. The zero-order valence-corrected chi connectivity index (χ0v) is 18.6. The zero-order valence-electron chi connectivity index (χ0n) is 18.6. The number of benzene rings is 2. The van der Waals surface area contributed by atoms with Crippen molar-refractivity contribution >= 4 is 22.8 Å². The molecule has 4 rings (SSSR count). The van der Waals surface area contributed by atoms with E-state index in [1.165, 1.54) is 0 Å². The van der Waals surface area contributed by atoms with Crippen molar-refractivity contribution in [3.05, 3.63) is 84.3 Å². The summed E-state index contributed by atoms with van der Waals surface area (Å²) in [7, 11) is 0. The number of hydrogen-bond donors (Lipinski definition) is 1. The number of para-hydroxylation sites is 1. The lowest BCUT2D eigenvalue weighted by Gasteiger charge is -2.31. The molecule has 2 aromatic heterocycles. The van der Waals surface area contributed by atoms with E-state index in [9.17, 15) is 9.59 Å². The topological polar surface area (TPSA) is 93.3 Å². The van der Waals surface area contributed by atoms with Crippen LogP contribution in [0.5, 0.6) is 0 Å². The molecule has 1 atom stereocenters. The third kappa shape index (κ3) is 5.28. The second kappa shape index (κ2) is 10.6. The van der Waals surface area contributed by atoms with Crippen LogP contribution in [-0.4, -0.2) is 38.3 Å². The molecule has 0 aliphatic carbocycles. The molecule has 170 valence electrons. The van der Waals surface area contributed by atoms with Crippen molar-refractivity contribution in [1.29, 1.82) is 0 Å². The quantitative estimate of drug-likeness (QED) is 0.402. The molecule has 0 unspecified atom stereocenters. The average molecular weight is 446 g/mol. The number of carbonyl (C=O) groups excluding carboxylic acids is 2. The van der Waals surface area contributed by atoms with Crippen LogP contribution < -0.4 is 5.32 Å². The monoisotopic (exact) mass is 445 g/mol. The van der Waals surface area contributed by atoms with Crippen LogP contribution in [0.15, 0.2) is 77.4 Å². The molecule has 0 aliphatic rings. The minimum Gasteiger partial charge on any atom is -0.467 e. The highest BCUT2D eigenvalue weighted by molar-refractivity contribution is 5.89. The standard InChI is InChI=1S/C25H27N5O3/c1-2-3-15-29(23(31)18-30-22-14-8-7-13-21(22)27-28-30)24(19-10-5-4-6-11-19)25(32)26-17-20-12-9-16-33-20/h4-14,16,24H,2-3,15,17-18H2,1H3,(H,26,32)/t24-/m1/s1. The Labute approximate surface area is 192 Å².